The number of aryl methyl sites for hydroxylation is 1. The van der Waals surface area contributed by atoms with Crippen LogP contribution in [0, 0.1) is 6.92 Å². The van der Waals surface area contributed by atoms with E-state index in [1.807, 2.05) is 31.2 Å². The van der Waals surface area contributed by atoms with E-state index in [2.05, 4.69) is 0 Å². The van der Waals surface area contributed by atoms with Crippen molar-refractivity contribution in [2.24, 2.45) is 0 Å². The summed E-state index contributed by atoms with van der Waals surface area (Å²) in [5.74, 6) is 0. The molecular formula is C12H12O2S. The Balaban J connectivity index is 2.79. The molecule has 0 N–H and O–H groups in total. The molecule has 0 atom stereocenters. The zero-order chi connectivity index (χ0) is 11.1. The standard InChI is InChI=1S/C12H12O2S/c1-9-4-3-5-10-8-11(15(2,13)14)6-7-12(9)10/h3-8H,1-2H3. The molecule has 0 aliphatic heterocycles. The Hall–Kier alpha value is -1.35. The van der Waals surface area contributed by atoms with E-state index in [0.29, 0.717) is 4.90 Å². The third-order valence-corrected chi connectivity index (χ3v) is 3.61. The van der Waals surface area contributed by atoms with Crippen LogP contribution in [0.2, 0.25) is 0 Å². The Kier molecular flexibility index (Phi) is 2.27. The number of hydrogen-bond acceptors (Lipinski definition) is 2. The molecule has 15 heavy (non-hydrogen) atoms. The van der Waals surface area contributed by atoms with E-state index >= 15 is 0 Å². The summed E-state index contributed by atoms with van der Waals surface area (Å²) in [6, 6.07) is 11.1. The van der Waals surface area contributed by atoms with Gasteiger partial charge in [-0.3, -0.25) is 0 Å². The maximum atomic E-state index is 11.4. The maximum Gasteiger partial charge on any atom is 0.175 e. The van der Waals surface area contributed by atoms with Gasteiger partial charge in [0, 0.05) is 6.26 Å². The van der Waals surface area contributed by atoms with Crippen molar-refractivity contribution in [2.75, 3.05) is 6.26 Å². The first kappa shape index (κ1) is 10.2. The van der Waals surface area contributed by atoms with Crippen LogP contribution in [-0.4, -0.2) is 14.7 Å². The monoisotopic (exact) mass is 220 g/mol. The lowest BCUT2D eigenvalue weighted by atomic mass is 10.1. The molecule has 0 heterocycles. The van der Waals surface area contributed by atoms with Crippen molar-refractivity contribution < 1.29 is 8.42 Å². The van der Waals surface area contributed by atoms with E-state index in [9.17, 15) is 8.42 Å². The largest absolute Gasteiger partial charge is 0.224 e. The quantitative estimate of drug-likeness (QED) is 0.740. The third-order valence-electron chi connectivity index (χ3n) is 2.50. The van der Waals surface area contributed by atoms with Crippen molar-refractivity contribution >= 4 is 20.6 Å². The molecule has 2 aromatic rings. The second kappa shape index (κ2) is 3.35. The van der Waals surface area contributed by atoms with E-state index < -0.39 is 9.84 Å². The van der Waals surface area contributed by atoms with Crippen LogP contribution >= 0.6 is 0 Å². The fourth-order valence-corrected chi connectivity index (χ4v) is 2.31. The van der Waals surface area contributed by atoms with Gasteiger partial charge in [0.05, 0.1) is 4.90 Å². The number of benzene rings is 2. The predicted molar refractivity (Wildman–Crippen MR) is 61.8 cm³/mol. The van der Waals surface area contributed by atoms with Gasteiger partial charge in [0.15, 0.2) is 9.84 Å². The van der Waals surface area contributed by atoms with Crippen molar-refractivity contribution in [1.82, 2.24) is 0 Å². The summed E-state index contributed by atoms with van der Waals surface area (Å²) in [4.78, 5) is 0.376. The van der Waals surface area contributed by atoms with Gasteiger partial charge in [-0.25, -0.2) is 8.42 Å². The Bertz CT molecular complexity index is 613. The average molecular weight is 220 g/mol. The minimum absolute atomic E-state index is 0.376. The third kappa shape index (κ3) is 1.88. The lowest BCUT2D eigenvalue weighted by Gasteiger charge is -2.03. The Morgan fingerprint density at radius 2 is 1.80 bits per heavy atom. The molecule has 0 spiro atoms. The average Bonchev–Trinajstić information content (AvgIpc) is 2.16. The molecule has 0 fully saturated rings. The molecule has 0 amide bonds. The molecule has 0 unspecified atom stereocenters. The normalized spacial score (nSPS) is 11.9. The fourth-order valence-electron chi connectivity index (χ4n) is 1.65. The molecule has 0 aliphatic carbocycles. The smallest absolute Gasteiger partial charge is 0.175 e. The molecule has 0 radical (unpaired) electrons. The first-order valence-electron chi connectivity index (χ1n) is 4.68. The van der Waals surface area contributed by atoms with Crippen molar-refractivity contribution in [2.45, 2.75) is 11.8 Å². The summed E-state index contributed by atoms with van der Waals surface area (Å²) in [6.45, 7) is 2.02. The molecule has 0 aliphatic rings. The minimum atomic E-state index is -3.11. The zero-order valence-electron chi connectivity index (χ0n) is 8.69. The Morgan fingerprint density at radius 3 is 2.47 bits per heavy atom. The van der Waals surface area contributed by atoms with Gasteiger partial charge >= 0.3 is 0 Å². The highest BCUT2D eigenvalue weighted by atomic mass is 32.2. The second-order valence-electron chi connectivity index (χ2n) is 3.73. The highest BCUT2D eigenvalue weighted by molar-refractivity contribution is 7.90. The molecule has 0 saturated carbocycles. The van der Waals surface area contributed by atoms with Gasteiger partial charge in [0.1, 0.15) is 0 Å². The van der Waals surface area contributed by atoms with Crippen LogP contribution in [0.4, 0.5) is 0 Å². The molecule has 0 saturated heterocycles. The van der Waals surface area contributed by atoms with E-state index in [4.69, 9.17) is 0 Å². The predicted octanol–water partition coefficient (Wildman–Crippen LogP) is 2.55. The molecule has 78 valence electrons. The second-order valence-corrected chi connectivity index (χ2v) is 5.75. The summed E-state index contributed by atoms with van der Waals surface area (Å²) in [7, 11) is -3.11. The van der Waals surface area contributed by atoms with E-state index in [0.717, 1.165) is 16.3 Å². The molecule has 3 heteroatoms. The molecular weight excluding hydrogens is 208 g/mol. The van der Waals surface area contributed by atoms with E-state index in [-0.39, 0.29) is 0 Å². The summed E-state index contributed by atoms with van der Waals surface area (Å²) < 4.78 is 22.7. The van der Waals surface area contributed by atoms with Gasteiger partial charge in [-0.2, -0.15) is 0 Å². The van der Waals surface area contributed by atoms with Crippen LogP contribution in [-0.2, 0) is 9.84 Å². The Morgan fingerprint density at radius 1 is 1.07 bits per heavy atom. The first-order valence-corrected chi connectivity index (χ1v) is 6.57. The minimum Gasteiger partial charge on any atom is -0.224 e. The summed E-state index contributed by atoms with van der Waals surface area (Å²) in [5, 5.41) is 2.07. The highest BCUT2D eigenvalue weighted by Crippen LogP contribution is 2.21. The molecule has 0 aromatic heterocycles. The van der Waals surface area contributed by atoms with Gasteiger partial charge in [-0.15, -0.1) is 0 Å². The van der Waals surface area contributed by atoms with Crippen molar-refractivity contribution in [1.29, 1.82) is 0 Å². The van der Waals surface area contributed by atoms with Crippen LogP contribution in [0.3, 0.4) is 0 Å². The van der Waals surface area contributed by atoms with Crippen molar-refractivity contribution in [3.63, 3.8) is 0 Å². The van der Waals surface area contributed by atoms with Gasteiger partial charge in [-0.1, -0.05) is 24.3 Å². The lowest BCUT2D eigenvalue weighted by Crippen LogP contribution is -1.96. The maximum absolute atomic E-state index is 11.4. The van der Waals surface area contributed by atoms with Crippen LogP contribution in [0.1, 0.15) is 5.56 Å². The summed E-state index contributed by atoms with van der Waals surface area (Å²) in [5.41, 5.74) is 1.16. The SMILES string of the molecule is Cc1cccc2cc(S(C)(=O)=O)ccc12. The number of rotatable bonds is 1. The van der Waals surface area contributed by atoms with E-state index in [1.54, 1.807) is 12.1 Å². The number of fused-ring (bicyclic) bond motifs is 1. The van der Waals surface area contributed by atoms with Crippen molar-refractivity contribution in [3.05, 3.63) is 42.0 Å². The van der Waals surface area contributed by atoms with Crippen LogP contribution in [0.5, 0.6) is 0 Å². The lowest BCUT2D eigenvalue weighted by molar-refractivity contribution is 0.602. The molecule has 0 bridgehead atoms. The van der Waals surface area contributed by atoms with E-state index in [1.165, 1.54) is 6.26 Å². The van der Waals surface area contributed by atoms with Crippen LogP contribution in [0.25, 0.3) is 10.8 Å². The Labute approximate surface area is 89.5 Å². The van der Waals surface area contributed by atoms with Crippen LogP contribution in [0.15, 0.2) is 41.3 Å². The van der Waals surface area contributed by atoms with Gasteiger partial charge < -0.3 is 0 Å². The summed E-state index contributed by atoms with van der Waals surface area (Å²) >= 11 is 0. The topological polar surface area (TPSA) is 34.1 Å². The fraction of sp³-hybridized carbons (Fsp3) is 0.167. The first-order chi connectivity index (χ1) is 6.98. The van der Waals surface area contributed by atoms with Gasteiger partial charge in [-0.05, 0) is 35.4 Å². The molecule has 2 rings (SSSR count). The van der Waals surface area contributed by atoms with Crippen LogP contribution < -0.4 is 0 Å². The van der Waals surface area contributed by atoms with Gasteiger partial charge in [0.25, 0.3) is 0 Å². The summed E-state index contributed by atoms with van der Waals surface area (Å²) in [6.07, 6.45) is 1.23. The molecule has 2 aromatic carbocycles. The number of hydrogen-bond donors (Lipinski definition) is 0. The zero-order valence-corrected chi connectivity index (χ0v) is 9.51. The highest BCUT2D eigenvalue weighted by Gasteiger charge is 2.07. The molecule has 2 nitrogen and oxygen atoms in total. The van der Waals surface area contributed by atoms with Gasteiger partial charge in [0.2, 0.25) is 0 Å². The van der Waals surface area contributed by atoms with Crippen molar-refractivity contribution in [3.8, 4) is 0 Å². The number of sulfone groups is 1.